The summed E-state index contributed by atoms with van der Waals surface area (Å²) < 4.78 is 0. The van der Waals surface area contributed by atoms with E-state index in [9.17, 15) is 0 Å². The third-order valence-corrected chi connectivity index (χ3v) is 4.27. The second-order valence-corrected chi connectivity index (χ2v) is 5.30. The zero-order valence-electron chi connectivity index (χ0n) is 9.08. The predicted molar refractivity (Wildman–Crippen MR) is 69.7 cm³/mol. The van der Waals surface area contributed by atoms with Crippen LogP contribution in [0, 0.1) is 19.8 Å². The van der Waals surface area contributed by atoms with Gasteiger partial charge in [0.1, 0.15) is 0 Å². The highest BCUT2D eigenvalue weighted by Gasteiger charge is 2.01. The van der Waals surface area contributed by atoms with Crippen molar-refractivity contribution in [1.82, 2.24) is 0 Å². The highest BCUT2D eigenvalue weighted by Crippen LogP contribution is 2.23. The van der Waals surface area contributed by atoms with E-state index in [0.717, 1.165) is 11.5 Å². The van der Waals surface area contributed by atoms with E-state index in [1.54, 1.807) is 0 Å². The lowest BCUT2D eigenvalue weighted by molar-refractivity contribution is 0.766. The zero-order chi connectivity index (χ0) is 10.6. The maximum Gasteiger partial charge on any atom is 0.00748 e. The van der Waals surface area contributed by atoms with Gasteiger partial charge in [-0.25, -0.2) is 0 Å². The van der Waals surface area contributed by atoms with E-state index in [1.165, 1.54) is 16.0 Å². The lowest BCUT2D eigenvalue weighted by Crippen LogP contribution is -1.98. The van der Waals surface area contributed by atoms with Gasteiger partial charge in [-0.2, -0.15) is 12.6 Å². The van der Waals surface area contributed by atoms with Gasteiger partial charge in [0, 0.05) is 10.6 Å². The number of thioether (sulfide) groups is 1. The van der Waals surface area contributed by atoms with E-state index in [0.29, 0.717) is 5.92 Å². The molecule has 0 aliphatic carbocycles. The Morgan fingerprint density at radius 2 is 2.00 bits per heavy atom. The molecular weight excluding hydrogens is 208 g/mol. The van der Waals surface area contributed by atoms with Crippen LogP contribution in [0.1, 0.15) is 18.1 Å². The van der Waals surface area contributed by atoms with Crippen LogP contribution in [-0.4, -0.2) is 11.5 Å². The largest absolute Gasteiger partial charge is 0.179 e. The summed E-state index contributed by atoms with van der Waals surface area (Å²) in [5.74, 6) is 2.81. The molecule has 0 saturated heterocycles. The summed E-state index contributed by atoms with van der Waals surface area (Å²) in [5.41, 5.74) is 2.75. The molecule has 0 nitrogen and oxygen atoms in total. The second kappa shape index (κ2) is 5.72. The fourth-order valence-corrected chi connectivity index (χ4v) is 2.42. The smallest absolute Gasteiger partial charge is 0.00748 e. The summed E-state index contributed by atoms with van der Waals surface area (Å²) in [4.78, 5) is 1.38. The monoisotopic (exact) mass is 226 g/mol. The Bertz CT molecular complexity index is 294. The van der Waals surface area contributed by atoms with E-state index >= 15 is 0 Å². The predicted octanol–water partition coefficient (Wildman–Crippen LogP) is 3.96. The molecular formula is C12H18S2. The fraction of sp³-hybridized carbons (Fsp3) is 0.500. The van der Waals surface area contributed by atoms with E-state index in [-0.39, 0.29) is 0 Å². The van der Waals surface area contributed by atoms with Crippen molar-refractivity contribution in [1.29, 1.82) is 0 Å². The van der Waals surface area contributed by atoms with Gasteiger partial charge in [0.25, 0.3) is 0 Å². The van der Waals surface area contributed by atoms with Crippen LogP contribution in [0.2, 0.25) is 0 Å². The molecule has 1 aromatic carbocycles. The highest BCUT2D eigenvalue weighted by molar-refractivity contribution is 7.99. The van der Waals surface area contributed by atoms with Crippen molar-refractivity contribution in [3.05, 3.63) is 29.3 Å². The molecule has 1 rings (SSSR count). The lowest BCUT2D eigenvalue weighted by Gasteiger charge is -2.08. The maximum atomic E-state index is 4.29. The van der Waals surface area contributed by atoms with Gasteiger partial charge in [-0.1, -0.05) is 13.0 Å². The van der Waals surface area contributed by atoms with E-state index in [4.69, 9.17) is 0 Å². The molecule has 0 aromatic heterocycles. The van der Waals surface area contributed by atoms with Gasteiger partial charge in [-0.3, -0.25) is 0 Å². The Hall–Kier alpha value is -0.0800. The third-order valence-electron chi connectivity index (χ3n) is 2.32. The first-order valence-electron chi connectivity index (χ1n) is 4.94. The molecule has 0 heterocycles. The van der Waals surface area contributed by atoms with Gasteiger partial charge >= 0.3 is 0 Å². The van der Waals surface area contributed by atoms with Crippen molar-refractivity contribution >= 4 is 24.4 Å². The van der Waals surface area contributed by atoms with Crippen molar-refractivity contribution in [3.63, 3.8) is 0 Å². The number of benzene rings is 1. The summed E-state index contributed by atoms with van der Waals surface area (Å²) >= 11 is 6.21. The normalized spacial score (nSPS) is 12.9. The van der Waals surface area contributed by atoms with Gasteiger partial charge in [-0.15, -0.1) is 11.8 Å². The molecule has 1 unspecified atom stereocenters. The molecule has 0 amide bonds. The van der Waals surface area contributed by atoms with Gasteiger partial charge in [0.2, 0.25) is 0 Å². The number of thiol groups is 1. The van der Waals surface area contributed by atoms with E-state index < -0.39 is 0 Å². The standard InChI is InChI=1S/C12H18S2/c1-9(7-13)8-14-12-5-4-10(2)11(3)6-12/h4-6,9,13H,7-8H2,1-3H3. The van der Waals surface area contributed by atoms with Gasteiger partial charge < -0.3 is 0 Å². The first-order chi connectivity index (χ1) is 6.63. The first kappa shape index (κ1) is 12.0. The Labute approximate surface area is 96.9 Å². The summed E-state index contributed by atoms with van der Waals surface area (Å²) in [6.45, 7) is 6.56. The molecule has 1 atom stereocenters. The molecule has 2 heteroatoms. The topological polar surface area (TPSA) is 0 Å². The molecule has 0 spiro atoms. The third kappa shape index (κ3) is 3.58. The molecule has 0 radical (unpaired) electrons. The van der Waals surface area contributed by atoms with Crippen molar-refractivity contribution in [3.8, 4) is 0 Å². The number of hydrogen-bond donors (Lipinski definition) is 1. The summed E-state index contributed by atoms with van der Waals surface area (Å²) in [7, 11) is 0. The Kier molecular flexibility index (Phi) is 4.90. The maximum absolute atomic E-state index is 4.29. The molecule has 0 aliphatic rings. The lowest BCUT2D eigenvalue weighted by atomic mass is 10.1. The van der Waals surface area contributed by atoms with E-state index in [1.807, 2.05) is 11.8 Å². The van der Waals surface area contributed by atoms with Crippen molar-refractivity contribution in [2.24, 2.45) is 5.92 Å². The first-order valence-corrected chi connectivity index (χ1v) is 6.56. The van der Waals surface area contributed by atoms with Gasteiger partial charge in [0.05, 0.1) is 0 Å². The molecule has 0 aliphatic heterocycles. The van der Waals surface area contributed by atoms with Crippen LogP contribution in [0.5, 0.6) is 0 Å². The number of hydrogen-bond acceptors (Lipinski definition) is 2. The van der Waals surface area contributed by atoms with Crippen LogP contribution >= 0.6 is 24.4 Å². The summed E-state index contributed by atoms with van der Waals surface area (Å²) in [5, 5.41) is 0. The molecule has 0 saturated carbocycles. The minimum Gasteiger partial charge on any atom is -0.179 e. The molecule has 0 N–H and O–H groups in total. The number of aryl methyl sites for hydroxylation is 2. The van der Waals surface area contributed by atoms with Crippen LogP contribution in [0.4, 0.5) is 0 Å². The van der Waals surface area contributed by atoms with Crippen molar-refractivity contribution < 1.29 is 0 Å². The molecule has 14 heavy (non-hydrogen) atoms. The van der Waals surface area contributed by atoms with Crippen LogP contribution < -0.4 is 0 Å². The van der Waals surface area contributed by atoms with Crippen molar-refractivity contribution in [2.45, 2.75) is 25.7 Å². The summed E-state index contributed by atoms with van der Waals surface area (Å²) in [6.07, 6.45) is 0. The quantitative estimate of drug-likeness (QED) is 0.599. The van der Waals surface area contributed by atoms with Gasteiger partial charge in [0.15, 0.2) is 0 Å². The Morgan fingerprint density at radius 3 is 2.57 bits per heavy atom. The second-order valence-electron chi connectivity index (χ2n) is 3.84. The average molecular weight is 226 g/mol. The minimum atomic E-state index is 0.685. The molecule has 0 bridgehead atoms. The minimum absolute atomic E-state index is 0.685. The fourth-order valence-electron chi connectivity index (χ4n) is 1.09. The van der Waals surface area contributed by atoms with Crippen LogP contribution in [0.15, 0.2) is 23.1 Å². The molecule has 0 fully saturated rings. The molecule has 78 valence electrons. The SMILES string of the molecule is Cc1ccc(SCC(C)CS)cc1C. The van der Waals surface area contributed by atoms with Crippen molar-refractivity contribution in [2.75, 3.05) is 11.5 Å². The average Bonchev–Trinajstić information content (AvgIpc) is 2.19. The van der Waals surface area contributed by atoms with Crippen LogP contribution in [0.3, 0.4) is 0 Å². The van der Waals surface area contributed by atoms with E-state index in [2.05, 4.69) is 51.6 Å². The Balaban J connectivity index is 2.55. The van der Waals surface area contributed by atoms with Crippen LogP contribution in [0.25, 0.3) is 0 Å². The van der Waals surface area contributed by atoms with Gasteiger partial charge in [-0.05, 0) is 48.8 Å². The van der Waals surface area contributed by atoms with Crippen LogP contribution in [-0.2, 0) is 0 Å². The molecule has 1 aromatic rings. The Morgan fingerprint density at radius 1 is 1.29 bits per heavy atom. The zero-order valence-corrected chi connectivity index (χ0v) is 10.8. The number of rotatable bonds is 4. The summed E-state index contributed by atoms with van der Waals surface area (Å²) in [6, 6.07) is 6.67. The highest BCUT2D eigenvalue weighted by atomic mass is 32.2.